The topological polar surface area (TPSA) is 131 Å². The van der Waals surface area contributed by atoms with Crippen molar-refractivity contribution in [3.63, 3.8) is 0 Å². The van der Waals surface area contributed by atoms with E-state index in [0.717, 1.165) is 17.1 Å². The number of H-pyrrole nitrogens is 1. The molecule has 0 aliphatic rings. The number of aromatic amines is 1. The molecule has 0 spiro atoms. The highest BCUT2D eigenvalue weighted by Gasteiger charge is 2.14. The van der Waals surface area contributed by atoms with E-state index in [9.17, 15) is 0 Å². The molecule has 11 nitrogen and oxygen atoms in total. The third-order valence-electron chi connectivity index (χ3n) is 4.57. The van der Waals surface area contributed by atoms with Gasteiger partial charge in [-0.3, -0.25) is 10.3 Å². The first-order valence-electron chi connectivity index (χ1n) is 10.4. The summed E-state index contributed by atoms with van der Waals surface area (Å²) in [6, 6.07) is 5.40. The molecule has 0 radical (unpaired) electrons. The Kier molecular flexibility index (Phi) is 8.57. The second-order valence-corrected chi connectivity index (χ2v) is 7.56. The molecule has 0 saturated heterocycles. The standard InChI is InChI=1S/C22H28N8O3S/c1-13-8-14(2)27-21(26-13)29-20(24-7-6-15-11-23-12-25-15)30-22(34)28-16-9-17(31-3)19(33-5)18(10-16)32-4/h8-12H,6-7H2,1-5H3,(H,23,25)(H3,24,26,27,28,29,30,34). The zero-order chi connectivity index (χ0) is 24.5. The number of aryl methyl sites for hydroxylation is 2. The van der Waals surface area contributed by atoms with Gasteiger partial charge in [0.25, 0.3) is 0 Å². The van der Waals surface area contributed by atoms with Gasteiger partial charge in [0.2, 0.25) is 17.7 Å². The molecular weight excluding hydrogens is 456 g/mol. The molecule has 0 fully saturated rings. The molecule has 180 valence electrons. The number of aliphatic imine (C=N–C) groups is 1. The molecule has 0 aliphatic heterocycles. The fourth-order valence-electron chi connectivity index (χ4n) is 3.13. The highest BCUT2D eigenvalue weighted by Crippen LogP contribution is 2.39. The van der Waals surface area contributed by atoms with Gasteiger partial charge in [0.1, 0.15) is 0 Å². The second kappa shape index (κ2) is 11.8. The van der Waals surface area contributed by atoms with Gasteiger partial charge in [-0.1, -0.05) is 0 Å². The minimum absolute atomic E-state index is 0.298. The van der Waals surface area contributed by atoms with Gasteiger partial charge in [-0.2, -0.15) is 0 Å². The summed E-state index contributed by atoms with van der Waals surface area (Å²) >= 11 is 5.52. The van der Waals surface area contributed by atoms with Crippen molar-refractivity contribution in [3.05, 3.63) is 47.8 Å². The van der Waals surface area contributed by atoms with Crippen LogP contribution in [0.3, 0.4) is 0 Å². The smallest absolute Gasteiger partial charge is 0.229 e. The Labute approximate surface area is 203 Å². The monoisotopic (exact) mass is 484 g/mol. The number of hydrogen-bond donors (Lipinski definition) is 4. The maximum absolute atomic E-state index is 5.52. The zero-order valence-electron chi connectivity index (χ0n) is 19.7. The van der Waals surface area contributed by atoms with Gasteiger partial charge in [0.15, 0.2) is 16.6 Å². The van der Waals surface area contributed by atoms with Crippen molar-refractivity contribution in [1.82, 2.24) is 25.3 Å². The van der Waals surface area contributed by atoms with Gasteiger partial charge in [-0.05, 0) is 32.1 Å². The van der Waals surface area contributed by atoms with E-state index >= 15 is 0 Å². The number of benzene rings is 1. The van der Waals surface area contributed by atoms with Crippen LogP contribution in [0, 0.1) is 13.8 Å². The summed E-state index contributed by atoms with van der Waals surface area (Å²) in [6.45, 7) is 4.28. The van der Waals surface area contributed by atoms with E-state index in [-0.39, 0.29) is 0 Å². The van der Waals surface area contributed by atoms with E-state index in [0.29, 0.717) is 52.9 Å². The SMILES string of the molecule is COc1cc(NC(=S)NC(=NCCc2cnc[nH]2)Nc2nc(C)cc(C)n2)cc(OC)c1OC. The Morgan fingerprint density at radius 1 is 1.00 bits per heavy atom. The molecule has 0 bridgehead atoms. The Balaban J connectivity index is 1.77. The molecule has 0 aliphatic carbocycles. The lowest BCUT2D eigenvalue weighted by molar-refractivity contribution is 0.324. The maximum atomic E-state index is 5.52. The number of ether oxygens (including phenoxy) is 3. The average molecular weight is 485 g/mol. The largest absolute Gasteiger partial charge is 0.493 e. The lowest BCUT2D eigenvalue weighted by atomic mass is 10.2. The van der Waals surface area contributed by atoms with Crippen molar-refractivity contribution in [1.29, 1.82) is 0 Å². The van der Waals surface area contributed by atoms with Crippen LogP contribution in [0.25, 0.3) is 0 Å². The summed E-state index contributed by atoms with van der Waals surface area (Å²) in [7, 11) is 4.65. The first kappa shape index (κ1) is 24.7. The number of rotatable bonds is 8. The average Bonchev–Trinajstić information content (AvgIpc) is 3.31. The molecule has 0 saturated carbocycles. The van der Waals surface area contributed by atoms with E-state index in [4.69, 9.17) is 26.4 Å². The minimum atomic E-state index is 0.298. The van der Waals surface area contributed by atoms with E-state index < -0.39 is 0 Å². The van der Waals surface area contributed by atoms with E-state index in [1.54, 1.807) is 46.0 Å². The maximum Gasteiger partial charge on any atom is 0.229 e. The van der Waals surface area contributed by atoms with Crippen molar-refractivity contribution in [2.24, 2.45) is 4.99 Å². The van der Waals surface area contributed by atoms with Crippen molar-refractivity contribution in [2.45, 2.75) is 20.3 Å². The van der Waals surface area contributed by atoms with Gasteiger partial charge in [-0.25, -0.2) is 15.0 Å². The number of thiocarbonyl (C=S) groups is 1. The third kappa shape index (κ3) is 6.78. The lowest BCUT2D eigenvalue weighted by Gasteiger charge is -2.17. The molecular formula is C22H28N8O3S. The molecule has 2 heterocycles. The van der Waals surface area contributed by atoms with Crippen LogP contribution in [-0.4, -0.2) is 58.9 Å². The van der Waals surface area contributed by atoms with Crippen LogP contribution in [-0.2, 0) is 6.42 Å². The van der Waals surface area contributed by atoms with Crippen LogP contribution in [0.1, 0.15) is 17.1 Å². The van der Waals surface area contributed by atoms with Gasteiger partial charge in [0, 0.05) is 54.1 Å². The number of hydrogen-bond acceptors (Lipinski definition) is 8. The van der Waals surface area contributed by atoms with Crippen LogP contribution >= 0.6 is 12.2 Å². The van der Waals surface area contributed by atoms with Crippen molar-refractivity contribution in [2.75, 3.05) is 38.5 Å². The van der Waals surface area contributed by atoms with Crippen molar-refractivity contribution in [3.8, 4) is 17.2 Å². The Morgan fingerprint density at radius 2 is 1.68 bits per heavy atom. The molecule has 4 N–H and O–H groups in total. The molecule has 3 rings (SSSR count). The third-order valence-corrected chi connectivity index (χ3v) is 4.78. The quantitative estimate of drug-likeness (QED) is 0.215. The van der Waals surface area contributed by atoms with E-state index in [1.807, 2.05) is 19.9 Å². The molecule has 34 heavy (non-hydrogen) atoms. The Hall–Kier alpha value is -3.93. The summed E-state index contributed by atoms with van der Waals surface area (Å²) < 4.78 is 16.2. The molecule has 0 amide bonds. The first-order valence-corrected chi connectivity index (χ1v) is 10.8. The van der Waals surface area contributed by atoms with Crippen LogP contribution in [0.4, 0.5) is 11.6 Å². The molecule has 12 heteroatoms. The Bertz CT molecular complexity index is 1110. The molecule has 1 aromatic carbocycles. The number of nitrogens with zero attached hydrogens (tertiary/aromatic N) is 4. The van der Waals surface area contributed by atoms with Crippen LogP contribution < -0.4 is 30.2 Å². The summed E-state index contributed by atoms with van der Waals surface area (Å²) in [5.74, 6) is 2.31. The predicted octanol–water partition coefficient (Wildman–Crippen LogP) is 2.84. The highest BCUT2D eigenvalue weighted by molar-refractivity contribution is 7.80. The van der Waals surface area contributed by atoms with Crippen molar-refractivity contribution < 1.29 is 14.2 Å². The van der Waals surface area contributed by atoms with Gasteiger partial charge < -0.3 is 29.8 Å². The van der Waals surface area contributed by atoms with Gasteiger partial charge in [-0.15, -0.1) is 0 Å². The fraction of sp³-hybridized carbons (Fsp3) is 0.318. The molecule has 0 atom stereocenters. The van der Waals surface area contributed by atoms with Crippen molar-refractivity contribution >= 4 is 34.9 Å². The highest BCUT2D eigenvalue weighted by atomic mass is 32.1. The summed E-state index contributed by atoms with van der Waals surface area (Å²) in [5.41, 5.74) is 3.30. The van der Waals surface area contributed by atoms with E-state index in [2.05, 4.69) is 40.9 Å². The van der Waals surface area contributed by atoms with Crippen LogP contribution in [0.5, 0.6) is 17.2 Å². The lowest BCUT2D eigenvalue weighted by Crippen LogP contribution is -2.39. The Morgan fingerprint density at radius 3 is 2.24 bits per heavy atom. The van der Waals surface area contributed by atoms with Crippen LogP contribution in [0.15, 0.2) is 35.7 Å². The molecule has 0 unspecified atom stereocenters. The molecule has 2 aromatic heterocycles. The first-order chi connectivity index (χ1) is 16.4. The van der Waals surface area contributed by atoms with Gasteiger partial charge in [0.05, 0.1) is 27.7 Å². The summed E-state index contributed by atoms with van der Waals surface area (Å²) in [6.07, 6.45) is 4.07. The van der Waals surface area contributed by atoms with Crippen LogP contribution in [0.2, 0.25) is 0 Å². The number of aromatic nitrogens is 4. The van der Waals surface area contributed by atoms with E-state index in [1.165, 1.54) is 0 Å². The number of nitrogens with one attached hydrogen (secondary N) is 4. The number of anilines is 2. The minimum Gasteiger partial charge on any atom is -0.493 e. The number of imidazole rings is 1. The predicted molar refractivity (Wildman–Crippen MR) is 135 cm³/mol. The van der Waals surface area contributed by atoms with Gasteiger partial charge >= 0.3 is 0 Å². The number of methoxy groups -OCH3 is 3. The normalized spacial score (nSPS) is 11.0. The number of guanidine groups is 1. The fourth-order valence-corrected chi connectivity index (χ4v) is 3.35. The summed E-state index contributed by atoms with van der Waals surface area (Å²) in [4.78, 5) is 20.5. The zero-order valence-corrected chi connectivity index (χ0v) is 20.5. The second-order valence-electron chi connectivity index (χ2n) is 7.15. The molecule has 3 aromatic rings. The summed E-state index contributed by atoms with van der Waals surface area (Å²) in [5, 5.41) is 9.60.